The summed E-state index contributed by atoms with van der Waals surface area (Å²) in [6.07, 6.45) is -0.242. The highest BCUT2D eigenvalue weighted by Crippen LogP contribution is 2.06. The fourth-order valence-corrected chi connectivity index (χ4v) is 2.21. The average molecular weight is 276 g/mol. The fraction of sp³-hybridized carbons (Fsp3) is 1.00. The van der Waals surface area contributed by atoms with Crippen molar-refractivity contribution in [2.24, 2.45) is 0 Å². The number of aliphatic hydroxyl groups is 1. The summed E-state index contributed by atoms with van der Waals surface area (Å²) in [5, 5.41) is 13.1. The van der Waals surface area contributed by atoms with Crippen molar-refractivity contribution in [1.29, 1.82) is 0 Å². The summed E-state index contributed by atoms with van der Waals surface area (Å²) < 4.78 is 16.1. The molecule has 0 amide bonds. The average Bonchev–Trinajstić information content (AvgIpc) is 2.38. The molecule has 3 atom stereocenters. The molecule has 6 nitrogen and oxygen atoms in total. The third kappa shape index (κ3) is 7.20. The Morgan fingerprint density at radius 1 is 1.47 bits per heavy atom. The first-order valence-corrected chi connectivity index (χ1v) is 6.92. The summed E-state index contributed by atoms with van der Waals surface area (Å²) in [7, 11) is 3.56. The summed E-state index contributed by atoms with van der Waals surface area (Å²) in [4.78, 5) is 2.22. The molecule has 0 aromatic heterocycles. The topological polar surface area (TPSA) is 63.2 Å². The van der Waals surface area contributed by atoms with Crippen molar-refractivity contribution in [1.82, 2.24) is 10.2 Å². The molecule has 1 saturated heterocycles. The zero-order chi connectivity index (χ0) is 14.1. The molecule has 0 aliphatic carbocycles. The number of hydrogen-bond acceptors (Lipinski definition) is 6. The van der Waals surface area contributed by atoms with E-state index >= 15 is 0 Å². The van der Waals surface area contributed by atoms with Gasteiger partial charge in [0.25, 0.3) is 0 Å². The number of likely N-dealkylation sites (N-methyl/N-ethyl adjacent to an activating group) is 1. The molecule has 19 heavy (non-hydrogen) atoms. The zero-order valence-corrected chi connectivity index (χ0v) is 12.3. The minimum Gasteiger partial charge on any atom is -0.389 e. The lowest BCUT2D eigenvalue weighted by atomic mass is 10.2. The van der Waals surface area contributed by atoms with Crippen LogP contribution < -0.4 is 5.32 Å². The zero-order valence-electron chi connectivity index (χ0n) is 12.3. The number of nitrogens with one attached hydrogen (secondary N) is 1. The van der Waals surface area contributed by atoms with Crippen molar-refractivity contribution in [2.45, 2.75) is 25.2 Å². The van der Waals surface area contributed by atoms with E-state index in [1.807, 2.05) is 14.0 Å². The minimum atomic E-state index is -0.465. The van der Waals surface area contributed by atoms with Gasteiger partial charge in [0, 0.05) is 33.3 Å². The molecule has 0 aromatic rings. The highest BCUT2D eigenvalue weighted by Gasteiger charge is 2.22. The lowest BCUT2D eigenvalue weighted by Gasteiger charge is -2.34. The Labute approximate surface area is 116 Å². The van der Waals surface area contributed by atoms with Crippen molar-refractivity contribution in [3.63, 3.8) is 0 Å². The van der Waals surface area contributed by atoms with Crippen LogP contribution in [0.3, 0.4) is 0 Å². The van der Waals surface area contributed by atoms with Gasteiger partial charge in [0.1, 0.15) is 0 Å². The second kappa shape index (κ2) is 9.63. The Kier molecular flexibility index (Phi) is 8.52. The first-order chi connectivity index (χ1) is 9.15. The second-order valence-corrected chi connectivity index (χ2v) is 5.06. The van der Waals surface area contributed by atoms with Crippen LogP contribution in [0.5, 0.6) is 0 Å². The molecular formula is C13H28N2O4. The molecule has 1 rings (SSSR count). The van der Waals surface area contributed by atoms with E-state index in [1.165, 1.54) is 0 Å². The van der Waals surface area contributed by atoms with Gasteiger partial charge in [-0.3, -0.25) is 4.90 Å². The predicted octanol–water partition coefficient (Wildman–Crippen LogP) is -0.681. The van der Waals surface area contributed by atoms with Crippen molar-refractivity contribution >= 4 is 0 Å². The van der Waals surface area contributed by atoms with Crippen molar-refractivity contribution in [3.05, 3.63) is 0 Å². The smallest absolute Gasteiger partial charge is 0.0900 e. The largest absolute Gasteiger partial charge is 0.389 e. The van der Waals surface area contributed by atoms with E-state index < -0.39 is 6.10 Å². The van der Waals surface area contributed by atoms with Crippen LogP contribution >= 0.6 is 0 Å². The van der Waals surface area contributed by atoms with E-state index in [4.69, 9.17) is 14.2 Å². The summed E-state index contributed by atoms with van der Waals surface area (Å²) in [5.74, 6) is 0. The van der Waals surface area contributed by atoms with Crippen molar-refractivity contribution < 1.29 is 19.3 Å². The third-order valence-corrected chi connectivity index (χ3v) is 3.10. The van der Waals surface area contributed by atoms with E-state index in [-0.39, 0.29) is 12.2 Å². The van der Waals surface area contributed by atoms with Crippen LogP contribution in [0.2, 0.25) is 0 Å². The molecule has 1 fully saturated rings. The number of methoxy groups -OCH3 is 1. The highest BCUT2D eigenvalue weighted by molar-refractivity contribution is 4.75. The van der Waals surface area contributed by atoms with E-state index in [0.717, 1.165) is 26.2 Å². The number of rotatable bonds is 9. The first-order valence-electron chi connectivity index (χ1n) is 6.92. The fourth-order valence-electron chi connectivity index (χ4n) is 2.21. The van der Waals surface area contributed by atoms with E-state index in [0.29, 0.717) is 19.8 Å². The van der Waals surface area contributed by atoms with Gasteiger partial charge in [-0.1, -0.05) is 0 Å². The van der Waals surface area contributed by atoms with Crippen LogP contribution in [0.1, 0.15) is 6.92 Å². The normalized spacial score (nSPS) is 24.3. The number of β-amino-alcohol motifs (C(OH)–C–C–N with tert-alkyl or cyclic N) is 1. The minimum absolute atomic E-state index is 0.0152. The number of nitrogens with zero attached hydrogens (tertiary/aromatic N) is 1. The van der Waals surface area contributed by atoms with Crippen LogP contribution in [0.4, 0.5) is 0 Å². The SMILES string of the molecule is CNCC1CN(CC(O)COC(C)COC)CCO1. The molecule has 3 unspecified atom stereocenters. The quantitative estimate of drug-likeness (QED) is 0.582. The predicted molar refractivity (Wildman–Crippen MR) is 73.4 cm³/mol. The molecule has 114 valence electrons. The summed E-state index contributed by atoms with van der Waals surface area (Å²) in [6.45, 7) is 6.74. The van der Waals surface area contributed by atoms with Gasteiger partial charge in [0.15, 0.2) is 0 Å². The molecule has 0 saturated carbocycles. The molecule has 0 spiro atoms. The molecular weight excluding hydrogens is 248 g/mol. The Bertz CT molecular complexity index is 229. The van der Waals surface area contributed by atoms with Crippen molar-refractivity contribution in [2.75, 3.05) is 60.2 Å². The maximum atomic E-state index is 9.97. The van der Waals surface area contributed by atoms with Crippen LogP contribution in [0.15, 0.2) is 0 Å². The number of hydrogen-bond donors (Lipinski definition) is 2. The maximum Gasteiger partial charge on any atom is 0.0900 e. The van der Waals surface area contributed by atoms with Gasteiger partial charge < -0.3 is 24.6 Å². The van der Waals surface area contributed by atoms with Gasteiger partial charge in [-0.2, -0.15) is 0 Å². The molecule has 1 aliphatic heterocycles. The molecule has 1 aliphatic rings. The molecule has 1 heterocycles. The maximum absolute atomic E-state index is 9.97. The lowest BCUT2D eigenvalue weighted by Crippen LogP contribution is -2.49. The van der Waals surface area contributed by atoms with E-state index in [1.54, 1.807) is 7.11 Å². The summed E-state index contributed by atoms with van der Waals surface area (Å²) in [6, 6.07) is 0. The lowest BCUT2D eigenvalue weighted by molar-refractivity contribution is -0.0642. The second-order valence-electron chi connectivity index (χ2n) is 5.06. The first kappa shape index (κ1) is 16.8. The van der Waals surface area contributed by atoms with Crippen LogP contribution in [-0.4, -0.2) is 88.5 Å². The van der Waals surface area contributed by atoms with Gasteiger partial charge in [-0.05, 0) is 14.0 Å². The molecule has 2 N–H and O–H groups in total. The summed E-state index contributed by atoms with van der Waals surface area (Å²) >= 11 is 0. The standard InChI is InChI=1S/C13H28N2O4/c1-11(9-17-3)19-10-12(16)7-15-4-5-18-13(8-15)6-14-2/h11-14,16H,4-10H2,1-3H3. The molecule has 6 heteroatoms. The monoisotopic (exact) mass is 276 g/mol. The van der Waals surface area contributed by atoms with Gasteiger partial charge in [0.2, 0.25) is 0 Å². The Morgan fingerprint density at radius 3 is 2.95 bits per heavy atom. The van der Waals surface area contributed by atoms with Gasteiger partial charge in [0.05, 0.1) is 38.1 Å². The number of ether oxygens (including phenoxy) is 3. The van der Waals surface area contributed by atoms with Crippen molar-refractivity contribution in [3.8, 4) is 0 Å². The Hall–Kier alpha value is -0.240. The van der Waals surface area contributed by atoms with Gasteiger partial charge >= 0.3 is 0 Å². The number of morpholine rings is 1. The van der Waals surface area contributed by atoms with E-state index in [2.05, 4.69) is 10.2 Å². The van der Waals surface area contributed by atoms with Crippen LogP contribution in [0.25, 0.3) is 0 Å². The van der Waals surface area contributed by atoms with Gasteiger partial charge in [-0.25, -0.2) is 0 Å². The summed E-state index contributed by atoms with van der Waals surface area (Å²) in [5.41, 5.74) is 0. The number of aliphatic hydroxyl groups excluding tert-OH is 1. The van der Waals surface area contributed by atoms with Gasteiger partial charge in [-0.15, -0.1) is 0 Å². The molecule has 0 radical (unpaired) electrons. The molecule has 0 aromatic carbocycles. The highest BCUT2D eigenvalue weighted by atomic mass is 16.5. The Balaban J connectivity index is 2.18. The van der Waals surface area contributed by atoms with Crippen LogP contribution in [0, 0.1) is 0 Å². The third-order valence-electron chi connectivity index (χ3n) is 3.10. The van der Waals surface area contributed by atoms with E-state index in [9.17, 15) is 5.11 Å². The Morgan fingerprint density at radius 2 is 2.26 bits per heavy atom. The van der Waals surface area contributed by atoms with Crippen LogP contribution in [-0.2, 0) is 14.2 Å². The molecule has 0 bridgehead atoms.